The number of nitrogens with zero attached hydrogens (tertiary/aromatic N) is 1. The second-order valence-corrected chi connectivity index (χ2v) is 8.71. The molecule has 0 bridgehead atoms. The zero-order chi connectivity index (χ0) is 17.4. The molecule has 0 spiro atoms. The van der Waals surface area contributed by atoms with Gasteiger partial charge in [-0.15, -0.1) is 0 Å². The number of allylic oxidation sites excluding steroid dienone is 2. The van der Waals surface area contributed by atoms with Crippen LogP contribution in [0, 0.1) is 20.8 Å². The quantitative estimate of drug-likeness (QED) is 0.291. The first-order valence-corrected chi connectivity index (χ1v) is 9.90. The lowest BCUT2D eigenvalue weighted by atomic mass is 9.76. The number of carbonyl (C=O) groups is 1. The number of nitro groups is 1. The molecule has 0 aliphatic heterocycles. The third kappa shape index (κ3) is 3.57. The lowest BCUT2D eigenvalue weighted by Crippen LogP contribution is -2.44. The van der Waals surface area contributed by atoms with E-state index in [-0.39, 0.29) is 18.4 Å². The van der Waals surface area contributed by atoms with Gasteiger partial charge in [-0.1, -0.05) is 13.0 Å². The fourth-order valence-electron chi connectivity index (χ4n) is 2.71. The van der Waals surface area contributed by atoms with Crippen LogP contribution in [-0.4, -0.2) is 21.5 Å². The van der Waals surface area contributed by atoms with Gasteiger partial charge < -0.3 is 5.11 Å². The second kappa shape index (κ2) is 7.33. The largest absolute Gasteiger partial charge is 0.478 e. The first-order chi connectivity index (χ1) is 10.7. The molecule has 0 heterocycles. The zero-order valence-electron chi connectivity index (χ0n) is 12.0. The van der Waals surface area contributed by atoms with Crippen LogP contribution in [0.3, 0.4) is 0 Å². The minimum atomic E-state index is -1.58. The van der Waals surface area contributed by atoms with Gasteiger partial charge in [-0.25, -0.2) is 4.79 Å². The van der Waals surface area contributed by atoms with Crippen molar-refractivity contribution in [2.75, 3.05) is 0 Å². The predicted molar refractivity (Wildman–Crippen MR) is 113 cm³/mol. The maximum Gasteiger partial charge on any atom is 0.338 e. The Morgan fingerprint density at radius 1 is 1.30 bits per heavy atom. The van der Waals surface area contributed by atoms with Crippen LogP contribution in [0.25, 0.3) is 5.57 Å². The van der Waals surface area contributed by atoms with Gasteiger partial charge in [-0.2, -0.15) is 0 Å². The van der Waals surface area contributed by atoms with Crippen molar-refractivity contribution in [3.8, 4) is 0 Å². The lowest BCUT2D eigenvalue weighted by Gasteiger charge is -2.29. The molecule has 0 amide bonds. The molecule has 1 unspecified atom stereocenters. The van der Waals surface area contributed by atoms with Gasteiger partial charge in [0.2, 0.25) is 0 Å². The highest BCUT2D eigenvalue weighted by atomic mass is 127. The van der Waals surface area contributed by atoms with E-state index in [1.54, 1.807) is 13.0 Å². The van der Waals surface area contributed by atoms with E-state index in [0.29, 0.717) is 0 Å². The molecule has 0 fully saturated rings. The smallest absolute Gasteiger partial charge is 0.338 e. The van der Waals surface area contributed by atoms with Gasteiger partial charge >= 0.3 is 5.97 Å². The Labute approximate surface area is 174 Å². The Morgan fingerprint density at radius 3 is 2.30 bits per heavy atom. The Kier molecular flexibility index (Phi) is 6.09. The summed E-state index contributed by atoms with van der Waals surface area (Å²) in [7, 11) is 0. The molecule has 23 heavy (non-hydrogen) atoms. The fraction of sp³-hybridized carbons (Fsp3) is 0.267. The van der Waals surface area contributed by atoms with Gasteiger partial charge in [-0.3, -0.25) is 10.1 Å². The molecule has 1 N–H and O–H groups in total. The maximum atomic E-state index is 11.7. The summed E-state index contributed by atoms with van der Waals surface area (Å²) >= 11 is 6.66. The Balaban J connectivity index is 2.64. The summed E-state index contributed by atoms with van der Waals surface area (Å²) in [5.41, 5.74) is 0.0282. The summed E-state index contributed by atoms with van der Waals surface area (Å²) in [6.45, 7) is 1.66. The molecule has 5 nitrogen and oxygen atoms in total. The van der Waals surface area contributed by atoms with Crippen molar-refractivity contribution in [1.82, 2.24) is 0 Å². The van der Waals surface area contributed by atoms with E-state index in [4.69, 9.17) is 0 Å². The standard InChI is InChI=1S/C15H12I3NO4/c1-2-15(19(22)23)7-8(3-4-10(15)14(20)21)13-11(17)5-9(16)6-12(13)18/h3-6H,2,7H2,1H3,(H,20,21). The first-order valence-electron chi connectivity index (χ1n) is 6.67. The van der Waals surface area contributed by atoms with E-state index in [9.17, 15) is 20.0 Å². The number of halogens is 3. The SMILES string of the molecule is CCC1([N+](=O)[O-])CC(c2c(I)cc(I)cc2I)=CC=C1C(=O)O. The number of rotatable bonds is 4. The molecule has 1 aliphatic carbocycles. The highest BCUT2D eigenvalue weighted by Gasteiger charge is 2.50. The number of carboxylic acids is 1. The summed E-state index contributed by atoms with van der Waals surface area (Å²) in [5, 5.41) is 21.0. The van der Waals surface area contributed by atoms with Gasteiger partial charge in [0.25, 0.3) is 5.54 Å². The van der Waals surface area contributed by atoms with Crippen LogP contribution in [-0.2, 0) is 4.79 Å². The van der Waals surface area contributed by atoms with Crippen molar-refractivity contribution in [2.24, 2.45) is 0 Å². The van der Waals surface area contributed by atoms with Crippen molar-refractivity contribution in [2.45, 2.75) is 25.3 Å². The highest BCUT2D eigenvalue weighted by Crippen LogP contribution is 2.41. The molecule has 8 heteroatoms. The van der Waals surface area contributed by atoms with E-state index < -0.39 is 16.4 Å². The number of benzene rings is 1. The van der Waals surface area contributed by atoms with Crippen molar-refractivity contribution in [3.05, 3.63) is 56.2 Å². The molecule has 2 rings (SSSR count). The van der Waals surface area contributed by atoms with Crippen LogP contribution in [0.5, 0.6) is 0 Å². The minimum Gasteiger partial charge on any atom is -0.478 e. The molecular formula is C15H12I3NO4. The summed E-state index contributed by atoms with van der Waals surface area (Å²) in [6.07, 6.45) is 3.30. The number of hydrogen-bond acceptors (Lipinski definition) is 3. The molecule has 0 saturated carbocycles. The highest BCUT2D eigenvalue weighted by molar-refractivity contribution is 14.1. The molecule has 1 aliphatic rings. The van der Waals surface area contributed by atoms with Crippen LogP contribution in [0.2, 0.25) is 0 Å². The summed E-state index contributed by atoms with van der Waals surface area (Å²) in [5.74, 6) is -1.23. The van der Waals surface area contributed by atoms with Crippen LogP contribution in [0.1, 0.15) is 25.3 Å². The number of aliphatic carboxylic acids is 1. The Morgan fingerprint density at radius 2 is 1.87 bits per heavy atom. The van der Waals surface area contributed by atoms with Gasteiger partial charge in [-0.05, 0) is 91.6 Å². The summed E-state index contributed by atoms with van der Waals surface area (Å²) in [4.78, 5) is 22.7. The molecule has 122 valence electrons. The Hall–Kier alpha value is -0.240. The van der Waals surface area contributed by atoms with E-state index in [1.807, 2.05) is 12.1 Å². The molecular weight excluding hydrogens is 639 g/mol. The predicted octanol–water partition coefficient (Wildman–Crippen LogP) is 4.72. The van der Waals surface area contributed by atoms with Gasteiger partial charge in [0.05, 0.1) is 0 Å². The summed E-state index contributed by atoms with van der Waals surface area (Å²) < 4.78 is 3.10. The van der Waals surface area contributed by atoms with Gasteiger partial charge in [0.1, 0.15) is 5.57 Å². The van der Waals surface area contributed by atoms with Gasteiger partial charge in [0, 0.05) is 34.0 Å². The fourth-order valence-corrected chi connectivity index (χ4v) is 6.98. The van der Waals surface area contributed by atoms with Crippen LogP contribution in [0.15, 0.2) is 29.9 Å². The summed E-state index contributed by atoms with van der Waals surface area (Å²) in [6, 6.07) is 4.02. The third-order valence-corrected chi connectivity index (χ3v) is 6.25. The maximum absolute atomic E-state index is 11.7. The second-order valence-electron chi connectivity index (χ2n) is 5.14. The lowest BCUT2D eigenvalue weighted by molar-refractivity contribution is -0.556. The van der Waals surface area contributed by atoms with Crippen molar-refractivity contribution in [1.29, 1.82) is 0 Å². The third-order valence-electron chi connectivity index (χ3n) is 3.93. The Bertz CT molecular complexity index is 734. The van der Waals surface area contributed by atoms with Crippen LogP contribution < -0.4 is 0 Å². The van der Waals surface area contributed by atoms with E-state index >= 15 is 0 Å². The zero-order valence-corrected chi connectivity index (χ0v) is 18.4. The van der Waals surface area contributed by atoms with Crippen molar-refractivity contribution in [3.63, 3.8) is 0 Å². The molecule has 1 aromatic rings. The molecule has 0 radical (unpaired) electrons. The molecule has 0 aromatic heterocycles. The topological polar surface area (TPSA) is 80.4 Å². The molecule has 1 atom stereocenters. The van der Waals surface area contributed by atoms with Gasteiger partial charge in [0.15, 0.2) is 0 Å². The van der Waals surface area contributed by atoms with Crippen LogP contribution >= 0.6 is 67.8 Å². The monoisotopic (exact) mass is 651 g/mol. The minimum absolute atomic E-state index is 0.0846. The normalized spacial score (nSPS) is 20.7. The average molecular weight is 651 g/mol. The average Bonchev–Trinajstić information content (AvgIpc) is 2.45. The van der Waals surface area contributed by atoms with Crippen LogP contribution in [0.4, 0.5) is 0 Å². The van der Waals surface area contributed by atoms with E-state index in [1.165, 1.54) is 6.08 Å². The number of hydrogen-bond donors (Lipinski definition) is 1. The van der Waals surface area contributed by atoms with E-state index in [2.05, 4.69) is 67.8 Å². The van der Waals surface area contributed by atoms with Crippen molar-refractivity contribution < 1.29 is 14.8 Å². The van der Waals surface area contributed by atoms with Crippen molar-refractivity contribution >= 4 is 79.3 Å². The number of carboxylic acid groups (broad SMARTS) is 1. The molecule has 1 aromatic carbocycles. The van der Waals surface area contributed by atoms with E-state index in [0.717, 1.165) is 21.8 Å². The molecule has 0 saturated heterocycles. The first kappa shape index (κ1) is 19.1.